The molecule has 0 N–H and O–H groups in total. The molecule has 0 aliphatic heterocycles. The first-order valence-corrected chi connectivity index (χ1v) is 11.8. The molecule has 0 atom stereocenters. The summed E-state index contributed by atoms with van der Waals surface area (Å²) < 4.78 is 1.11. The van der Waals surface area contributed by atoms with E-state index in [1.165, 1.54) is 0 Å². The smallest absolute Gasteiger partial charge is 0.260 e. The summed E-state index contributed by atoms with van der Waals surface area (Å²) in [6.07, 6.45) is 4.07. The van der Waals surface area contributed by atoms with Crippen molar-refractivity contribution in [3.05, 3.63) is 48.0 Å². The first-order chi connectivity index (χ1) is 13.0. The van der Waals surface area contributed by atoms with Crippen LogP contribution in [0.3, 0.4) is 0 Å². The fourth-order valence-electron chi connectivity index (χ4n) is 2.69. The fraction of sp³-hybridized carbons (Fsp3) is 0.300. The summed E-state index contributed by atoms with van der Waals surface area (Å²) >= 11 is 4.90. The monoisotopic (exact) mass is 453 g/mol. The van der Waals surface area contributed by atoms with Gasteiger partial charge in [-0.25, -0.2) is 4.98 Å². The number of para-hydroxylation sites is 1. The number of rotatable bonds is 7. The lowest BCUT2D eigenvalue weighted by molar-refractivity contribution is 0.0985. The minimum absolute atomic E-state index is 0. The number of likely N-dealkylation sites (N-methyl/N-ethyl adjacent to an activating group) is 1. The molecule has 1 aromatic heterocycles. The van der Waals surface area contributed by atoms with Crippen molar-refractivity contribution in [1.29, 1.82) is 0 Å². The molecule has 3 rings (SSSR count). The SMILES string of the molecule is CSc1cccc(C(=O)N(CCN(C)C)c2nc3c(SC)cccc3s2)c1.Cl. The van der Waals surface area contributed by atoms with E-state index < -0.39 is 0 Å². The second kappa shape index (κ2) is 10.5. The Bertz CT molecular complexity index is 945. The number of aromatic nitrogens is 1. The van der Waals surface area contributed by atoms with Crippen molar-refractivity contribution in [2.45, 2.75) is 9.79 Å². The van der Waals surface area contributed by atoms with E-state index in [1.54, 1.807) is 34.9 Å². The maximum Gasteiger partial charge on any atom is 0.260 e. The summed E-state index contributed by atoms with van der Waals surface area (Å²) in [6, 6.07) is 14.0. The van der Waals surface area contributed by atoms with E-state index in [0.29, 0.717) is 12.1 Å². The van der Waals surface area contributed by atoms with Gasteiger partial charge in [-0.05, 0) is 56.9 Å². The molecule has 0 aliphatic carbocycles. The summed E-state index contributed by atoms with van der Waals surface area (Å²) in [4.78, 5) is 24.3. The van der Waals surface area contributed by atoms with E-state index >= 15 is 0 Å². The van der Waals surface area contributed by atoms with Crippen molar-refractivity contribution in [1.82, 2.24) is 9.88 Å². The first-order valence-electron chi connectivity index (χ1n) is 8.57. The zero-order valence-corrected chi connectivity index (χ0v) is 19.6. The zero-order valence-electron chi connectivity index (χ0n) is 16.3. The van der Waals surface area contributed by atoms with Gasteiger partial charge < -0.3 is 4.90 Å². The average Bonchev–Trinajstić information content (AvgIpc) is 3.11. The van der Waals surface area contributed by atoms with Gasteiger partial charge in [0.2, 0.25) is 0 Å². The Morgan fingerprint density at radius 1 is 1.07 bits per heavy atom. The van der Waals surface area contributed by atoms with Crippen LogP contribution in [0.4, 0.5) is 5.13 Å². The van der Waals surface area contributed by atoms with Gasteiger partial charge in [0, 0.05) is 28.4 Å². The molecule has 3 aromatic rings. The number of hydrogen-bond acceptors (Lipinski definition) is 6. The second-order valence-electron chi connectivity index (χ2n) is 6.30. The van der Waals surface area contributed by atoms with Gasteiger partial charge in [0.05, 0.1) is 10.2 Å². The van der Waals surface area contributed by atoms with E-state index in [2.05, 4.69) is 23.3 Å². The Balaban J connectivity index is 0.00000280. The molecule has 1 amide bonds. The van der Waals surface area contributed by atoms with Crippen molar-refractivity contribution in [2.75, 3.05) is 44.6 Å². The van der Waals surface area contributed by atoms with Crippen LogP contribution in [0.5, 0.6) is 0 Å². The highest BCUT2D eigenvalue weighted by atomic mass is 35.5. The number of fused-ring (bicyclic) bond motifs is 1. The zero-order chi connectivity index (χ0) is 19.4. The summed E-state index contributed by atoms with van der Waals surface area (Å²) in [5, 5.41) is 0.757. The Labute approximate surface area is 185 Å². The number of halogens is 1. The Morgan fingerprint density at radius 3 is 2.50 bits per heavy atom. The molecule has 1 heterocycles. The fourth-order valence-corrected chi connectivity index (χ4v) is 4.79. The first kappa shape index (κ1) is 23.0. The van der Waals surface area contributed by atoms with Crippen LogP contribution in [0.15, 0.2) is 52.3 Å². The lowest BCUT2D eigenvalue weighted by Gasteiger charge is -2.22. The van der Waals surface area contributed by atoms with Crippen LogP contribution in [0, 0.1) is 0 Å². The minimum atomic E-state index is -0.00231. The van der Waals surface area contributed by atoms with E-state index in [4.69, 9.17) is 4.98 Å². The Morgan fingerprint density at radius 2 is 1.82 bits per heavy atom. The molecule has 8 heteroatoms. The quantitative estimate of drug-likeness (QED) is 0.449. The molecule has 0 saturated carbocycles. The molecule has 0 bridgehead atoms. The van der Waals surface area contributed by atoms with Crippen molar-refractivity contribution in [2.24, 2.45) is 0 Å². The van der Waals surface area contributed by atoms with E-state index in [9.17, 15) is 4.79 Å². The lowest BCUT2D eigenvalue weighted by atomic mass is 10.2. The van der Waals surface area contributed by atoms with Gasteiger partial charge in [-0.1, -0.05) is 23.5 Å². The van der Waals surface area contributed by atoms with Gasteiger partial charge in [-0.3, -0.25) is 9.69 Å². The number of anilines is 1. The molecule has 150 valence electrons. The van der Waals surface area contributed by atoms with Crippen LogP contribution in [-0.4, -0.2) is 55.5 Å². The van der Waals surface area contributed by atoms with Gasteiger partial charge in [0.25, 0.3) is 5.91 Å². The molecule has 0 spiro atoms. The van der Waals surface area contributed by atoms with Crippen LogP contribution in [0.25, 0.3) is 10.2 Å². The maximum atomic E-state index is 13.3. The summed E-state index contributed by atoms with van der Waals surface area (Å²) in [5.41, 5.74) is 1.68. The number of carbonyl (C=O) groups excluding carboxylic acids is 1. The average molecular weight is 454 g/mol. The molecule has 4 nitrogen and oxygen atoms in total. The van der Waals surface area contributed by atoms with E-state index in [0.717, 1.165) is 31.7 Å². The third kappa shape index (κ3) is 5.21. The number of amides is 1. The maximum absolute atomic E-state index is 13.3. The highest BCUT2D eigenvalue weighted by Crippen LogP contribution is 2.34. The molecule has 2 aromatic carbocycles. The van der Waals surface area contributed by atoms with Crippen LogP contribution in [0.1, 0.15) is 10.4 Å². The molecule has 0 saturated heterocycles. The second-order valence-corrected chi connectivity index (χ2v) is 9.03. The van der Waals surface area contributed by atoms with Crippen LogP contribution in [0.2, 0.25) is 0 Å². The van der Waals surface area contributed by atoms with Crippen molar-refractivity contribution >= 4 is 68.5 Å². The number of nitrogens with zero attached hydrogens (tertiary/aromatic N) is 3. The molecule has 0 unspecified atom stereocenters. The van der Waals surface area contributed by atoms with Gasteiger partial charge in [0.1, 0.15) is 0 Å². The van der Waals surface area contributed by atoms with Gasteiger partial charge in [0.15, 0.2) is 5.13 Å². The lowest BCUT2D eigenvalue weighted by Crippen LogP contribution is -2.36. The Kier molecular flexibility index (Phi) is 8.64. The number of thiazole rings is 1. The van der Waals surface area contributed by atoms with Crippen LogP contribution in [-0.2, 0) is 0 Å². The standard InChI is InChI=1S/C20H23N3OS3.ClH/c1-22(2)11-12-23(19(24)14-7-5-8-15(13-14)25-3)20-21-18-16(26-4)9-6-10-17(18)27-20;/h5-10,13H,11-12H2,1-4H3;1H. The van der Waals surface area contributed by atoms with E-state index in [1.807, 2.05) is 55.6 Å². The molecule has 0 radical (unpaired) electrons. The van der Waals surface area contributed by atoms with Crippen molar-refractivity contribution < 1.29 is 4.79 Å². The van der Waals surface area contributed by atoms with Crippen molar-refractivity contribution in [3.63, 3.8) is 0 Å². The third-order valence-corrected chi connectivity index (χ3v) is 6.69. The number of carbonyl (C=O) groups is 1. The van der Waals surface area contributed by atoms with Gasteiger partial charge in [-0.15, -0.1) is 35.9 Å². The summed E-state index contributed by atoms with van der Waals surface area (Å²) in [6.45, 7) is 1.38. The topological polar surface area (TPSA) is 36.4 Å². The van der Waals surface area contributed by atoms with Crippen LogP contribution >= 0.6 is 47.3 Å². The van der Waals surface area contributed by atoms with Gasteiger partial charge >= 0.3 is 0 Å². The largest absolute Gasteiger partial charge is 0.308 e. The Hall–Kier alpha value is -1.25. The molecule has 0 aliphatic rings. The molecular weight excluding hydrogens is 430 g/mol. The van der Waals surface area contributed by atoms with Crippen LogP contribution < -0.4 is 4.90 Å². The normalized spacial score (nSPS) is 10.9. The molecule has 28 heavy (non-hydrogen) atoms. The van der Waals surface area contributed by atoms with Gasteiger partial charge in [-0.2, -0.15) is 0 Å². The predicted octanol–water partition coefficient (Wildman–Crippen LogP) is 5.37. The highest BCUT2D eigenvalue weighted by Gasteiger charge is 2.22. The number of benzene rings is 2. The number of hydrogen-bond donors (Lipinski definition) is 0. The van der Waals surface area contributed by atoms with E-state index in [-0.39, 0.29) is 18.3 Å². The van der Waals surface area contributed by atoms with Crippen molar-refractivity contribution in [3.8, 4) is 0 Å². The third-order valence-electron chi connectivity index (χ3n) is 4.15. The number of thioether (sulfide) groups is 2. The molecule has 0 fully saturated rings. The minimum Gasteiger partial charge on any atom is -0.308 e. The highest BCUT2D eigenvalue weighted by molar-refractivity contribution is 7.99. The summed E-state index contributed by atoms with van der Waals surface area (Å²) in [5.74, 6) is -0.00231. The molecular formula is C20H24ClN3OS3. The summed E-state index contributed by atoms with van der Waals surface area (Å²) in [7, 11) is 4.03. The predicted molar refractivity (Wildman–Crippen MR) is 127 cm³/mol.